The molecule has 0 spiro atoms. The van der Waals surface area contributed by atoms with Crippen LogP contribution in [0.15, 0.2) is 0 Å². The minimum Gasteiger partial charge on any atom is -0.459 e. The quantitative estimate of drug-likeness (QED) is 0.738. The maximum Gasteiger partial charge on any atom is 0.324 e. The van der Waals surface area contributed by atoms with Gasteiger partial charge in [0.15, 0.2) is 0 Å². The summed E-state index contributed by atoms with van der Waals surface area (Å²) in [5, 5.41) is 0. The molecule has 15 heavy (non-hydrogen) atoms. The van der Waals surface area contributed by atoms with Gasteiger partial charge in [0, 0.05) is 0 Å². The van der Waals surface area contributed by atoms with Crippen LogP contribution < -0.4 is 5.73 Å². The van der Waals surface area contributed by atoms with E-state index in [1.165, 1.54) is 0 Å². The number of rotatable bonds is 3. The fourth-order valence-corrected chi connectivity index (χ4v) is 1.41. The van der Waals surface area contributed by atoms with Gasteiger partial charge in [0.25, 0.3) is 0 Å². The molecule has 1 rings (SSSR count). The number of carbonyl (C=O) groups excluding carboxylic acids is 1. The Kier molecular flexibility index (Phi) is 3.05. The van der Waals surface area contributed by atoms with Crippen molar-refractivity contribution in [1.82, 2.24) is 0 Å². The monoisotopic (exact) mass is 221 g/mol. The minimum atomic E-state index is -2.56. The molecule has 0 saturated heterocycles. The van der Waals surface area contributed by atoms with Crippen molar-refractivity contribution in [2.24, 2.45) is 11.1 Å². The second kappa shape index (κ2) is 3.70. The van der Waals surface area contributed by atoms with Crippen LogP contribution in [0.2, 0.25) is 0 Å². The van der Waals surface area contributed by atoms with E-state index in [9.17, 15) is 13.6 Å². The van der Waals surface area contributed by atoms with Gasteiger partial charge in [-0.3, -0.25) is 4.79 Å². The molecule has 1 saturated carbocycles. The van der Waals surface area contributed by atoms with E-state index in [-0.39, 0.29) is 0 Å². The van der Waals surface area contributed by atoms with Gasteiger partial charge in [0.1, 0.15) is 11.6 Å². The summed E-state index contributed by atoms with van der Waals surface area (Å²) in [7, 11) is 0. The molecule has 0 bridgehead atoms. The third-order valence-electron chi connectivity index (χ3n) is 2.54. The van der Waals surface area contributed by atoms with E-state index >= 15 is 0 Å². The summed E-state index contributed by atoms with van der Waals surface area (Å²) in [5.41, 5.74) is 3.49. The molecule has 0 amide bonds. The average molecular weight is 221 g/mol. The van der Waals surface area contributed by atoms with Crippen LogP contribution in [0.25, 0.3) is 0 Å². The first-order chi connectivity index (χ1) is 6.69. The lowest BCUT2D eigenvalue weighted by Crippen LogP contribution is -2.46. The second-order valence-corrected chi connectivity index (χ2v) is 5.05. The van der Waals surface area contributed by atoms with Crippen LogP contribution in [0.1, 0.15) is 33.6 Å². The summed E-state index contributed by atoms with van der Waals surface area (Å²) in [6, 6.07) is -1.21. The van der Waals surface area contributed by atoms with E-state index in [1.807, 2.05) is 0 Å². The van der Waals surface area contributed by atoms with E-state index in [1.54, 1.807) is 20.8 Å². The third kappa shape index (κ3) is 2.65. The highest BCUT2D eigenvalue weighted by Crippen LogP contribution is 2.53. The van der Waals surface area contributed by atoms with Gasteiger partial charge in [-0.15, -0.1) is 0 Å². The van der Waals surface area contributed by atoms with Gasteiger partial charge in [-0.25, -0.2) is 8.78 Å². The molecule has 0 aromatic heterocycles. The molecule has 0 aromatic carbocycles. The van der Waals surface area contributed by atoms with Crippen molar-refractivity contribution in [3.63, 3.8) is 0 Å². The maximum atomic E-state index is 12.6. The summed E-state index contributed by atoms with van der Waals surface area (Å²) in [6.45, 7) is 5.04. The van der Waals surface area contributed by atoms with Crippen molar-refractivity contribution in [3.8, 4) is 0 Å². The molecule has 0 aromatic rings. The Labute approximate surface area is 88.0 Å². The molecule has 0 heterocycles. The topological polar surface area (TPSA) is 52.3 Å². The molecule has 88 valence electrons. The Morgan fingerprint density at radius 2 is 1.87 bits per heavy atom. The van der Waals surface area contributed by atoms with Crippen LogP contribution in [0.3, 0.4) is 0 Å². The van der Waals surface area contributed by atoms with E-state index in [0.29, 0.717) is 12.8 Å². The van der Waals surface area contributed by atoms with Crippen LogP contribution >= 0.6 is 0 Å². The summed E-state index contributed by atoms with van der Waals surface area (Å²) in [6.07, 6.45) is -1.96. The second-order valence-electron chi connectivity index (χ2n) is 5.05. The Hall–Kier alpha value is -0.710. The molecule has 1 aliphatic rings. The lowest BCUT2D eigenvalue weighted by atomic mass is 9.97. The van der Waals surface area contributed by atoms with Crippen molar-refractivity contribution in [2.75, 3.05) is 0 Å². The fraction of sp³-hybridized carbons (Fsp3) is 0.900. The van der Waals surface area contributed by atoms with Gasteiger partial charge in [-0.1, -0.05) is 0 Å². The zero-order chi connectivity index (χ0) is 11.9. The van der Waals surface area contributed by atoms with Crippen molar-refractivity contribution in [1.29, 1.82) is 0 Å². The van der Waals surface area contributed by atoms with Gasteiger partial charge in [-0.05, 0) is 33.6 Å². The van der Waals surface area contributed by atoms with Gasteiger partial charge >= 0.3 is 5.97 Å². The molecule has 5 heteroatoms. The number of nitrogens with two attached hydrogens (primary N) is 1. The molecule has 3 nitrogen and oxygen atoms in total. The van der Waals surface area contributed by atoms with E-state index in [2.05, 4.69) is 0 Å². The predicted molar refractivity (Wildman–Crippen MR) is 51.5 cm³/mol. The maximum absolute atomic E-state index is 12.6. The van der Waals surface area contributed by atoms with Crippen LogP contribution in [-0.2, 0) is 9.53 Å². The number of hydrogen-bond donors (Lipinski definition) is 1. The van der Waals surface area contributed by atoms with E-state index in [0.717, 1.165) is 0 Å². The number of halogens is 2. The standard InChI is InChI=1S/C10H17F2NO2/c1-9(2,3)15-7(14)6(13)10(4-5-10)8(11)12/h6,8H,4-5,13H2,1-3H3. The number of esters is 1. The van der Waals surface area contributed by atoms with Crippen molar-refractivity contribution >= 4 is 5.97 Å². The summed E-state index contributed by atoms with van der Waals surface area (Å²) in [4.78, 5) is 11.5. The number of alkyl halides is 2. The zero-order valence-electron chi connectivity index (χ0n) is 9.22. The highest BCUT2D eigenvalue weighted by Gasteiger charge is 2.58. The van der Waals surface area contributed by atoms with Gasteiger partial charge in [0.05, 0.1) is 5.41 Å². The smallest absolute Gasteiger partial charge is 0.324 e. The summed E-state index contributed by atoms with van der Waals surface area (Å²) < 4.78 is 30.2. The number of ether oxygens (including phenoxy) is 1. The first-order valence-electron chi connectivity index (χ1n) is 4.96. The molecule has 1 atom stereocenters. The highest BCUT2D eigenvalue weighted by molar-refractivity contribution is 5.77. The summed E-state index contributed by atoms with van der Waals surface area (Å²) in [5.74, 6) is -0.736. The van der Waals surface area contributed by atoms with Crippen LogP contribution in [0, 0.1) is 5.41 Å². The fourth-order valence-electron chi connectivity index (χ4n) is 1.41. The highest BCUT2D eigenvalue weighted by atomic mass is 19.3. The lowest BCUT2D eigenvalue weighted by molar-refractivity contribution is -0.160. The average Bonchev–Trinajstić information content (AvgIpc) is 2.79. The zero-order valence-corrected chi connectivity index (χ0v) is 9.22. The SMILES string of the molecule is CC(C)(C)OC(=O)C(N)C1(C(F)F)CC1. The van der Waals surface area contributed by atoms with E-state index in [4.69, 9.17) is 10.5 Å². The van der Waals surface area contributed by atoms with Gasteiger partial charge in [0.2, 0.25) is 6.43 Å². The van der Waals surface area contributed by atoms with Crippen LogP contribution in [0.4, 0.5) is 8.78 Å². The Bertz CT molecular complexity index is 257. The Balaban J connectivity index is 2.62. The predicted octanol–water partition coefficient (Wildman–Crippen LogP) is 1.70. The van der Waals surface area contributed by atoms with Crippen LogP contribution in [-0.4, -0.2) is 24.0 Å². The first-order valence-corrected chi connectivity index (χ1v) is 4.96. The normalized spacial score (nSPS) is 21.3. The van der Waals surface area contributed by atoms with Gasteiger partial charge < -0.3 is 10.5 Å². The van der Waals surface area contributed by atoms with Gasteiger partial charge in [-0.2, -0.15) is 0 Å². The molecular formula is C10H17F2NO2. The number of carbonyl (C=O) groups is 1. The summed E-state index contributed by atoms with van der Waals surface area (Å²) >= 11 is 0. The van der Waals surface area contributed by atoms with Crippen LogP contribution in [0.5, 0.6) is 0 Å². The third-order valence-corrected chi connectivity index (χ3v) is 2.54. The van der Waals surface area contributed by atoms with E-state index < -0.39 is 29.5 Å². The minimum absolute atomic E-state index is 0.297. The molecule has 0 aliphatic heterocycles. The molecular weight excluding hydrogens is 204 g/mol. The molecule has 1 aliphatic carbocycles. The first kappa shape index (κ1) is 12.4. The molecule has 0 radical (unpaired) electrons. The van der Waals surface area contributed by atoms with Crippen molar-refractivity contribution in [2.45, 2.75) is 51.7 Å². The Morgan fingerprint density at radius 3 is 2.13 bits per heavy atom. The largest absolute Gasteiger partial charge is 0.459 e. The van der Waals surface area contributed by atoms with Crippen molar-refractivity contribution in [3.05, 3.63) is 0 Å². The number of hydrogen-bond acceptors (Lipinski definition) is 3. The molecule has 1 unspecified atom stereocenters. The Morgan fingerprint density at radius 1 is 1.40 bits per heavy atom. The molecule has 1 fully saturated rings. The lowest BCUT2D eigenvalue weighted by Gasteiger charge is -2.26. The molecule has 2 N–H and O–H groups in total. The van der Waals surface area contributed by atoms with Crippen molar-refractivity contribution < 1.29 is 18.3 Å².